The lowest BCUT2D eigenvalue weighted by molar-refractivity contribution is -0.120. The molecule has 1 N–H and O–H groups in total. The summed E-state index contributed by atoms with van der Waals surface area (Å²) in [5.74, 6) is -2.59. The van der Waals surface area contributed by atoms with Crippen molar-refractivity contribution < 1.29 is 39.0 Å². The number of benzene rings is 2. The van der Waals surface area contributed by atoms with Crippen LogP contribution in [0.15, 0.2) is 53.4 Å². The maximum Gasteiger partial charge on any atom is 0.534 e. The smallest absolute Gasteiger partial charge is 0.376 e. The van der Waals surface area contributed by atoms with Gasteiger partial charge < -0.3 is 4.18 Å². The molecule has 13 heteroatoms. The van der Waals surface area contributed by atoms with Crippen molar-refractivity contribution in [3.63, 3.8) is 0 Å². The van der Waals surface area contributed by atoms with Gasteiger partial charge >= 0.3 is 15.6 Å². The van der Waals surface area contributed by atoms with E-state index in [1.807, 2.05) is 4.72 Å². The van der Waals surface area contributed by atoms with Crippen LogP contribution in [-0.2, 0) is 24.9 Å². The number of hydrogen-bond acceptors (Lipinski definition) is 6. The monoisotopic (exact) mass is 471 g/mol. The number of amides is 1. The molecule has 0 unspecified atom stereocenters. The fourth-order valence-corrected chi connectivity index (χ4v) is 4.11. The van der Waals surface area contributed by atoms with Gasteiger partial charge in [-0.1, -0.05) is 35.9 Å². The third kappa shape index (κ3) is 5.40. The number of sulfonamides is 1. The second-order valence-electron chi connectivity index (χ2n) is 5.67. The quantitative estimate of drug-likeness (QED) is 0.512. The van der Waals surface area contributed by atoms with Gasteiger partial charge in [-0.25, -0.2) is 13.1 Å². The molecule has 0 aliphatic rings. The molecule has 0 aliphatic heterocycles. The molecular weight excluding hydrogens is 459 g/mol. The predicted molar refractivity (Wildman–Crippen MR) is 97.2 cm³/mol. The van der Waals surface area contributed by atoms with E-state index in [4.69, 9.17) is 11.6 Å². The molecule has 0 radical (unpaired) electrons. The van der Waals surface area contributed by atoms with E-state index in [0.29, 0.717) is 0 Å². The van der Waals surface area contributed by atoms with Crippen molar-refractivity contribution in [1.82, 2.24) is 4.72 Å². The van der Waals surface area contributed by atoms with E-state index in [2.05, 4.69) is 4.18 Å². The zero-order chi connectivity index (χ0) is 22.0. The Morgan fingerprint density at radius 2 is 1.59 bits per heavy atom. The Kier molecular flexibility index (Phi) is 6.50. The Bertz CT molecular complexity index is 1120. The van der Waals surface area contributed by atoms with Gasteiger partial charge in [0.05, 0.1) is 10.9 Å². The van der Waals surface area contributed by atoms with Crippen LogP contribution in [0.2, 0.25) is 5.02 Å². The molecule has 0 fully saturated rings. The minimum Gasteiger partial charge on any atom is -0.376 e. The lowest BCUT2D eigenvalue weighted by atomic mass is 10.0. The van der Waals surface area contributed by atoms with Crippen LogP contribution >= 0.6 is 11.6 Å². The second kappa shape index (κ2) is 8.20. The predicted octanol–water partition coefficient (Wildman–Crippen LogP) is 3.18. The molecule has 0 spiro atoms. The summed E-state index contributed by atoms with van der Waals surface area (Å²) in [6.45, 7) is 1.35. The molecule has 0 aliphatic carbocycles. The number of rotatable bonds is 6. The van der Waals surface area contributed by atoms with Gasteiger partial charge in [0.1, 0.15) is 10.6 Å². The zero-order valence-corrected chi connectivity index (χ0v) is 16.9. The van der Waals surface area contributed by atoms with Gasteiger partial charge in [0.2, 0.25) is 5.91 Å². The van der Waals surface area contributed by atoms with Crippen LogP contribution in [0.5, 0.6) is 5.75 Å². The minimum atomic E-state index is -5.83. The van der Waals surface area contributed by atoms with Crippen LogP contribution in [0.1, 0.15) is 18.4 Å². The fraction of sp³-hybridized carbons (Fsp3) is 0.188. The third-order valence-electron chi connectivity index (χ3n) is 3.62. The first-order valence-corrected chi connectivity index (χ1v) is 10.9. The first-order valence-electron chi connectivity index (χ1n) is 7.66. The van der Waals surface area contributed by atoms with Crippen molar-refractivity contribution >= 4 is 37.6 Å². The SMILES string of the molecule is C[C@@H](C(=O)NS(=O)(=O)c1ccccc1Cl)c1ccc(OS(=O)(=O)C(F)(F)F)cc1. The molecule has 2 aromatic rings. The summed E-state index contributed by atoms with van der Waals surface area (Å²) in [7, 11) is -10.1. The van der Waals surface area contributed by atoms with Crippen LogP contribution in [-0.4, -0.2) is 28.3 Å². The zero-order valence-electron chi connectivity index (χ0n) is 14.5. The highest BCUT2D eigenvalue weighted by Gasteiger charge is 2.48. The van der Waals surface area contributed by atoms with E-state index in [1.165, 1.54) is 31.2 Å². The number of alkyl halides is 3. The highest BCUT2D eigenvalue weighted by molar-refractivity contribution is 7.90. The molecule has 7 nitrogen and oxygen atoms in total. The first kappa shape index (κ1) is 23.0. The minimum absolute atomic E-state index is 0.0900. The molecule has 0 saturated heterocycles. The van der Waals surface area contributed by atoms with Crippen molar-refractivity contribution in [3.8, 4) is 5.75 Å². The van der Waals surface area contributed by atoms with Gasteiger partial charge in [-0.3, -0.25) is 4.79 Å². The number of carbonyl (C=O) groups excluding carboxylic acids is 1. The number of halogens is 4. The van der Waals surface area contributed by atoms with Gasteiger partial charge in [0, 0.05) is 0 Å². The number of hydrogen-bond donors (Lipinski definition) is 1. The van der Waals surface area contributed by atoms with Crippen LogP contribution in [0, 0.1) is 0 Å². The van der Waals surface area contributed by atoms with E-state index >= 15 is 0 Å². The molecule has 29 heavy (non-hydrogen) atoms. The summed E-state index contributed by atoms with van der Waals surface area (Å²) in [6, 6.07) is 9.54. The highest BCUT2D eigenvalue weighted by atomic mass is 35.5. The number of nitrogens with one attached hydrogen (secondary N) is 1. The van der Waals surface area contributed by atoms with Crippen LogP contribution in [0.3, 0.4) is 0 Å². The Labute approximate surface area is 169 Å². The first-order chi connectivity index (χ1) is 13.2. The van der Waals surface area contributed by atoms with Crippen molar-refractivity contribution in [3.05, 3.63) is 59.1 Å². The maximum atomic E-state index is 12.3. The average molecular weight is 472 g/mol. The molecule has 0 saturated carbocycles. The molecule has 1 atom stereocenters. The highest BCUT2D eigenvalue weighted by Crippen LogP contribution is 2.28. The molecule has 158 valence electrons. The summed E-state index contributed by atoms with van der Waals surface area (Å²) < 4.78 is 89.3. The van der Waals surface area contributed by atoms with E-state index in [0.717, 1.165) is 24.3 Å². The lowest BCUT2D eigenvalue weighted by Crippen LogP contribution is -2.34. The lowest BCUT2D eigenvalue weighted by Gasteiger charge is -2.14. The van der Waals surface area contributed by atoms with E-state index < -0.39 is 43.2 Å². The van der Waals surface area contributed by atoms with Gasteiger partial charge in [-0.05, 0) is 36.8 Å². The van der Waals surface area contributed by atoms with Crippen molar-refractivity contribution in [2.45, 2.75) is 23.2 Å². The Morgan fingerprint density at radius 1 is 1.03 bits per heavy atom. The largest absolute Gasteiger partial charge is 0.534 e. The maximum absolute atomic E-state index is 12.3. The van der Waals surface area contributed by atoms with Crippen LogP contribution < -0.4 is 8.91 Å². The Balaban J connectivity index is 2.15. The normalized spacial score (nSPS) is 13.6. The number of carbonyl (C=O) groups is 1. The van der Waals surface area contributed by atoms with Crippen molar-refractivity contribution in [2.75, 3.05) is 0 Å². The molecule has 1 amide bonds. The second-order valence-corrected chi connectivity index (χ2v) is 9.27. The third-order valence-corrected chi connectivity index (χ3v) is 6.45. The Morgan fingerprint density at radius 3 is 2.10 bits per heavy atom. The fourth-order valence-electron chi connectivity index (χ4n) is 2.08. The average Bonchev–Trinajstić information content (AvgIpc) is 2.60. The topological polar surface area (TPSA) is 107 Å². The van der Waals surface area contributed by atoms with Gasteiger partial charge in [0.15, 0.2) is 0 Å². The van der Waals surface area contributed by atoms with Crippen LogP contribution in [0.25, 0.3) is 0 Å². The van der Waals surface area contributed by atoms with Crippen molar-refractivity contribution in [1.29, 1.82) is 0 Å². The van der Waals surface area contributed by atoms with Crippen molar-refractivity contribution in [2.24, 2.45) is 0 Å². The molecule has 0 heterocycles. The molecule has 2 aromatic carbocycles. The summed E-state index contributed by atoms with van der Waals surface area (Å²) in [4.78, 5) is 12.0. The van der Waals surface area contributed by atoms with Crippen LogP contribution in [0.4, 0.5) is 13.2 Å². The summed E-state index contributed by atoms with van der Waals surface area (Å²) in [5.41, 5.74) is -5.39. The van der Waals surface area contributed by atoms with Gasteiger partial charge in [-0.2, -0.15) is 21.6 Å². The van der Waals surface area contributed by atoms with Gasteiger partial charge in [-0.15, -0.1) is 0 Å². The molecule has 0 bridgehead atoms. The Hall–Kier alpha value is -2.31. The molecule has 0 aromatic heterocycles. The standard InChI is InChI=1S/C16H13ClF3NO6S2/c1-10(15(22)21-28(23,24)14-5-3-2-4-13(14)17)11-6-8-12(9-7-11)27-29(25,26)16(18,19)20/h2-10H,1H3,(H,21,22)/t10-/m1/s1. The van der Waals surface area contributed by atoms with E-state index in [1.54, 1.807) is 0 Å². The molecule has 2 rings (SSSR count). The summed E-state index contributed by atoms with van der Waals surface area (Å²) >= 11 is 5.82. The molecular formula is C16H13ClF3NO6S2. The van der Waals surface area contributed by atoms with E-state index in [9.17, 15) is 34.8 Å². The van der Waals surface area contributed by atoms with E-state index in [-0.39, 0.29) is 15.5 Å². The summed E-state index contributed by atoms with van der Waals surface area (Å²) in [6.07, 6.45) is 0. The van der Waals surface area contributed by atoms with Gasteiger partial charge in [0.25, 0.3) is 10.0 Å². The summed E-state index contributed by atoms with van der Waals surface area (Å²) in [5, 5.41) is -0.0900.